The monoisotopic (exact) mass is 256 g/mol. The van der Waals surface area contributed by atoms with Gasteiger partial charge in [-0.05, 0) is 36.6 Å². The summed E-state index contributed by atoms with van der Waals surface area (Å²) in [5, 5.41) is 0. The maximum atomic E-state index is 11.5. The number of rotatable bonds is 5. The zero-order valence-electron chi connectivity index (χ0n) is 9.93. The fraction of sp³-hybridized carbons (Fsp3) is 0.417. The Hall–Kier alpha value is -1.20. The number of hydrogen-bond donors (Lipinski definition) is 1. The van der Waals surface area contributed by atoms with Crippen molar-refractivity contribution in [3.8, 4) is 0 Å². The van der Waals surface area contributed by atoms with Gasteiger partial charge >= 0.3 is 0 Å². The van der Waals surface area contributed by atoms with Crippen molar-refractivity contribution in [2.45, 2.75) is 38.0 Å². The zero-order valence-corrected chi connectivity index (χ0v) is 10.8. The maximum Gasteiger partial charge on any atom is 0.294 e. The molecule has 1 aromatic carbocycles. The van der Waals surface area contributed by atoms with Gasteiger partial charge in [-0.25, -0.2) is 0 Å². The quantitative estimate of drug-likeness (QED) is 0.819. The number of carbonyl (C=O) groups excluding carboxylic acids is 1. The predicted molar refractivity (Wildman–Crippen MR) is 64.6 cm³/mol. The van der Waals surface area contributed by atoms with Crippen molar-refractivity contribution in [1.82, 2.24) is 0 Å². The second kappa shape index (κ2) is 5.42. The van der Waals surface area contributed by atoms with Crippen LogP contribution in [0.4, 0.5) is 0 Å². The molecular weight excluding hydrogens is 240 g/mol. The van der Waals surface area contributed by atoms with Crippen molar-refractivity contribution in [3.05, 3.63) is 29.3 Å². The van der Waals surface area contributed by atoms with E-state index in [1.54, 1.807) is 6.07 Å². The molecule has 0 aromatic heterocycles. The lowest BCUT2D eigenvalue weighted by Crippen LogP contribution is -2.06. The van der Waals surface area contributed by atoms with Gasteiger partial charge in [0.2, 0.25) is 0 Å². The van der Waals surface area contributed by atoms with E-state index >= 15 is 0 Å². The highest BCUT2D eigenvalue weighted by Crippen LogP contribution is 2.16. The molecule has 5 heteroatoms. The first-order valence-electron chi connectivity index (χ1n) is 5.43. The summed E-state index contributed by atoms with van der Waals surface area (Å²) in [6.07, 6.45) is 1.47. The third-order valence-corrected chi connectivity index (χ3v) is 3.38. The summed E-state index contributed by atoms with van der Waals surface area (Å²) in [6, 6.07) is 4.29. The van der Waals surface area contributed by atoms with Crippen LogP contribution in [0.3, 0.4) is 0 Å². The minimum atomic E-state index is -4.20. The van der Waals surface area contributed by atoms with Crippen LogP contribution in [0.5, 0.6) is 0 Å². The van der Waals surface area contributed by atoms with Gasteiger partial charge in [0.1, 0.15) is 5.78 Å². The van der Waals surface area contributed by atoms with Crippen LogP contribution in [0.25, 0.3) is 0 Å². The molecule has 1 rings (SSSR count). The first-order chi connectivity index (χ1) is 7.84. The Morgan fingerprint density at radius 3 is 2.53 bits per heavy atom. The van der Waals surface area contributed by atoms with Gasteiger partial charge in [-0.15, -0.1) is 0 Å². The number of carbonyl (C=O) groups is 1. The van der Waals surface area contributed by atoms with Gasteiger partial charge in [0, 0.05) is 12.8 Å². The summed E-state index contributed by atoms with van der Waals surface area (Å²) in [4.78, 5) is 11.3. The second-order valence-electron chi connectivity index (χ2n) is 4.03. The number of aryl methyl sites for hydroxylation is 1. The van der Waals surface area contributed by atoms with Crippen LogP contribution in [0.1, 0.15) is 30.9 Å². The van der Waals surface area contributed by atoms with Gasteiger partial charge in [0.25, 0.3) is 10.1 Å². The van der Waals surface area contributed by atoms with Crippen molar-refractivity contribution < 1.29 is 17.8 Å². The van der Waals surface area contributed by atoms with Crippen molar-refractivity contribution >= 4 is 15.9 Å². The Labute approximate surface area is 101 Å². The minimum Gasteiger partial charge on any atom is -0.299 e. The van der Waals surface area contributed by atoms with Crippen LogP contribution >= 0.6 is 0 Å². The normalized spacial score (nSPS) is 11.5. The van der Waals surface area contributed by atoms with Crippen LogP contribution in [0, 0.1) is 6.92 Å². The Morgan fingerprint density at radius 1 is 1.35 bits per heavy atom. The highest BCUT2D eigenvalue weighted by atomic mass is 32.2. The fourth-order valence-electron chi connectivity index (χ4n) is 1.58. The van der Waals surface area contributed by atoms with Gasteiger partial charge in [-0.1, -0.05) is 13.0 Å². The average molecular weight is 256 g/mol. The van der Waals surface area contributed by atoms with Gasteiger partial charge in [0.05, 0.1) is 4.90 Å². The molecule has 0 fully saturated rings. The van der Waals surface area contributed by atoms with Gasteiger partial charge in [0.15, 0.2) is 0 Å². The molecule has 1 N–H and O–H groups in total. The lowest BCUT2D eigenvalue weighted by molar-refractivity contribution is -0.118. The summed E-state index contributed by atoms with van der Waals surface area (Å²) < 4.78 is 30.9. The molecule has 0 aliphatic rings. The first kappa shape index (κ1) is 13.9. The molecular formula is C12H16O4S. The fourth-order valence-corrected chi connectivity index (χ4v) is 2.11. The Kier molecular flexibility index (Phi) is 4.42. The molecule has 0 saturated carbocycles. The highest BCUT2D eigenvalue weighted by Gasteiger charge is 2.13. The molecule has 4 nitrogen and oxygen atoms in total. The van der Waals surface area contributed by atoms with Crippen molar-refractivity contribution in [1.29, 1.82) is 0 Å². The van der Waals surface area contributed by atoms with E-state index in [4.69, 9.17) is 4.55 Å². The van der Waals surface area contributed by atoms with E-state index in [9.17, 15) is 13.2 Å². The molecule has 0 unspecified atom stereocenters. The van der Waals surface area contributed by atoms with Crippen LogP contribution in [-0.4, -0.2) is 18.8 Å². The van der Waals surface area contributed by atoms with Crippen molar-refractivity contribution in [3.63, 3.8) is 0 Å². The molecule has 0 saturated heterocycles. The second-order valence-corrected chi connectivity index (χ2v) is 5.45. The molecule has 0 heterocycles. The number of benzene rings is 1. The van der Waals surface area contributed by atoms with Crippen LogP contribution in [0.2, 0.25) is 0 Å². The van der Waals surface area contributed by atoms with E-state index in [1.165, 1.54) is 12.1 Å². The van der Waals surface area contributed by atoms with Gasteiger partial charge in [-0.3, -0.25) is 9.35 Å². The summed E-state index contributed by atoms with van der Waals surface area (Å²) in [5.41, 5.74) is 1.50. The molecule has 0 atom stereocenters. The first-order valence-corrected chi connectivity index (χ1v) is 6.87. The molecule has 0 radical (unpaired) electrons. The van der Waals surface area contributed by atoms with E-state index in [2.05, 4.69) is 0 Å². The lowest BCUT2D eigenvalue weighted by atomic mass is 10.0. The summed E-state index contributed by atoms with van der Waals surface area (Å²) in [6.45, 7) is 3.72. The highest BCUT2D eigenvalue weighted by molar-refractivity contribution is 7.85. The third-order valence-electron chi connectivity index (χ3n) is 2.53. The van der Waals surface area contributed by atoms with Crippen LogP contribution < -0.4 is 0 Å². The van der Waals surface area contributed by atoms with E-state index in [-0.39, 0.29) is 17.1 Å². The molecule has 0 aliphatic heterocycles. The average Bonchev–Trinajstić information content (AvgIpc) is 2.20. The molecule has 17 heavy (non-hydrogen) atoms. The zero-order chi connectivity index (χ0) is 13.1. The van der Waals surface area contributed by atoms with E-state index < -0.39 is 10.1 Å². The minimum absolute atomic E-state index is 0.0723. The SMILES string of the molecule is CCCC(=O)Cc1cc(S(=O)(=O)O)ccc1C. The number of ketones is 1. The van der Waals surface area contributed by atoms with E-state index in [0.717, 1.165) is 12.0 Å². The number of hydrogen-bond acceptors (Lipinski definition) is 3. The van der Waals surface area contributed by atoms with Crippen molar-refractivity contribution in [2.75, 3.05) is 0 Å². The Bertz CT molecular complexity index is 517. The predicted octanol–water partition coefficient (Wildman–Crippen LogP) is 2.15. The third kappa shape index (κ3) is 3.94. The van der Waals surface area contributed by atoms with Gasteiger partial charge < -0.3 is 0 Å². The summed E-state index contributed by atoms with van der Waals surface area (Å²) in [7, 11) is -4.20. The van der Waals surface area contributed by atoms with Crippen LogP contribution in [0.15, 0.2) is 23.1 Å². The molecule has 0 amide bonds. The number of Topliss-reactive ketones (excluding diaryl/α,β-unsaturated/α-hetero) is 1. The molecule has 94 valence electrons. The molecule has 0 aliphatic carbocycles. The largest absolute Gasteiger partial charge is 0.299 e. The smallest absolute Gasteiger partial charge is 0.294 e. The standard InChI is InChI=1S/C12H16O4S/c1-3-4-11(13)7-10-8-12(17(14,15)16)6-5-9(10)2/h5-6,8H,3-4,7H2,1-2H3,(H,14,15,16). The Balaban J connectivity index is 3.03. The lowest BCUT2D eigenvalue weighted by Gasteiger charge is -2.06. The molecule has 1 aromatic rings. The molecule has 0 spiro atoms. The Morgan fingerprint density at radius 2 is 2.00 bits per heavy atom. The topological polar surface area (TPSA) is 71.4 Å². The van der Waals surface area contributed by atoms with E-state index in [1.807, 2.05) is 13.8 Å². The summed E-state index contributed by atoms with van der Waals surface area (Å²) in [5.74, 6) is 0.0723. The van der Waals surface area contributed by atoms with Crippen molar-refractivity contribution in [2.24, 2.45) is 0 Å². The molecule has 0 bridgehead atoms. The van der Waals surface area contributed by atoms with E-state index in [0.29, 0.717) is 12.0 Å². The maximum absolute atomic E-state index is 11.5. The summed E-state index contributed by atoms with van der Waals surface area (Å²) >= 11 is 0. The van der Waals surface area contributed by atoms with Gasteiger partial charge in [-0.2, -0.15) is 8.42 Å². The van der Waals surface area contributed by atoms with Crippen LogP contribution in [-0.2, 0) is 21.3 Å².